The number of nitrogens with zero attached hydrogens (tertiary/aromatic N) is 2. The monoisotopic (exact) mass is 261 g/mol. The number of aromatic nitrogens is 2. The molecule has 0 aliphatic rings. The minimum atomic E-state index is -0.316. The normalized spacial score (nSPS) is 10.1. The van der Waals surface area contributed by atoms with Gasteiger partial charge in [-0.2, -0.15) is 5.10 Å². The summed E-state index contributed by atoms with van der Waals surface area (Å²) in [5, 5.41) is 6.79. The summed E-state index contributed by atoms with van der Waals surface area (Å²) >= 11 is 0. The number of rotatable bonds is 4. The zero-order valence-electron chi connectivity index (χ0n) is 11.0. The van der Waals surface area contributed by atoms with Gasteiger partial charge in [0.05, 0.1) is 14.2 Å². The summed E-state index contributed by atoms with van der Waals surface area (Å²) < 4.78 is 12.0. The average molecular weight is 261 g/mol. The van der Waals surface area contributed by atoms with Gasteiger partial charge in [0.15, 0.2) is 5.69 Å². The maximum absolute atomic E-state index is 12.1. The Morgan fingerprint density at radius 2 is 1.84 bits per heavy atom. The van der Waals surface area contributed by atoms with Crippen LogP contribution in [0.2, 0.25) is 0 Å². The fraction of sp³-hybridized carbons (Fsp3) is 0.231. The summed E-state index contributed by atoms with van der Waals surface area (Å²) in [4.78, 5) is 12.1. The molecule has 1 amide bonds. The van der Waals surface area contributed by atoms with Crippen LogP contribution < -0.4 is 14.8 Å². The molecule has 19 heavy (non-hydrogen) atoms. The minimum Gasteiger partial charge on any atom is -0.494 e. The van der Waals surface area contributed by atoms with Crippen LogP contribution in [-0.2, 0) is 7.05 Å². The zero-order chi connectivity index (χ0) is 13.8. The average Bonchev–Trinajstić information content (AvgIpc) is 2.85. The van der Waals surface area contributed by atoms with E-state index in [4.69, 9.17) is 9.47 Å². The Morgan fingerprint density at radius 1 is 1.21 bits per heavy atom. The second kappa shape index (κ2) is 5.43. The molecule has 100 valence electrons. The lowest BCUT2D eigenvalue weighted by molar-refractivity contribution is 0.102. The highest BCUT2D eigenvalue weighted by molar-refractivity contribution is 6.04. The molecule has 0 atom stereocenters. The molecule has 6 nitrogen and oxygen atoms in total. The van der Waals surface area contributed by atoms with Crippen molar-refractivity contribution in [2.24, 2.45) is 7.05 Å². The van der Waals surface area contributed by atoms with Crippen molar-refractivity contribution in [2.45, 2.75) is 0 Å². The van der Waals surface area contributed by atoms with Crippen LogP contribution in [-0.4, -0.2) is 29.9 Å². The number of nitrogens with one attached hydrogen (secondary N) is 1. The number of hydrogen-bond acceptors (Lipinski definition) is 4. The Balaban J connectivity index is 2.30. The molecule has 0 aliphatic heterocycles. The first-order valence-corrected chi connectivity index (χ1v) is 5.67. The first kappa shape index (κ1) is 12.9. The number of amides is 1. The number of benzene rings is 1. The molecule has 0 bridgehead atoms. The molecule has 1 N–H and O–H groups in total. The number of ether oxygens (including phenoxy) is 2. The molecule has 6 heteroatoms. The van der Waals surface area contributed by atoms with E-state index in [2.05, 4.69) is 10.4 Å². The van der Waals surface area contributed by atoms with Crippen LogP contribution in [0.4, 0.5) is 5.69 Å². The standard InChI is InChI=1S/C13H15N3O3/c1-16-8-7-9(15-16)13(17)14-12-10(18-2)5-4-6-11(12)19-3/h4-8H,1-3H3,(H,14,17). The summed E-state index contributed by atoms with van der Waals surface area (Å²) in [5.41, 5.74) is 0.818. The Labute approximate surface area is 110 Å². The number of carbonyl (C=O) groups excluding carboxylic acids is 1. The van der Waals surface area contributed by atoms with Crippen LogP contribution in [0.5, 0.6) is 11.5 Å². The summed E-state index contributed by atoms with van der Waals surface area (Å²) in [6, 6.07) is 6.92. The van der Waals surface area contributed by atoms with E-state index in [-0.39, 0.29) is 5.91 Å². The van der Waals surface area contributed by atoms with Crippen LogP contribution in [0, 0.1) is 0 Å². The smallest absolute Gasteiger partial charge is 0.276 e. The number of hydrogen-bond donors (Lipinski definition) is 1. The number of carbonyl (C=O) groups is 1. The third-order valence-corrected chi connectivity index (χ3v) is 2.61. The molecule has 0 saturated carbocycles. The first-order valence-electron chi connectivity index (χ1n) is 5.67. The largest absolute Gasteiger partial charge is 0.494 e. The van der Waals surface area contributed by atoms with Gasteiger partial charge in [-0.25, -0.2) is 0 Å². The SMILES string of the molecule is COc1cccc(OC)c1NC(=O)c1ccn(C)n1. The van der Waals surface area contributed by atoms with Crippen LogP contribution >= 0.6 is 0 Å². The van der Waals surface area contributed by atoms with Crippen molar-refractivity contribution >= 4 is 11.6 Å². The molecule has 0 saturated heterocycles. The topological polar surface area (TPSA) is 65.4 Å². The van der Waals surface area contributed by atoms with Crippen molar-refractivity contribution < 1.29 is 14.3 Å². The zero-order valence-corrected chi connectivity index (χ0v) is 11.0. The van der Waals surface area contributed by atoms with Crippen LogP contribution in [0.1, 0.15) is 10.5 Å². The number of aryl methyl sites for hydroxylation is 1. The molecule has 0 unspecified atom stereocenters. The number of methoxy groups -OCH3 is 2. The molecule has 0 fully saturated rings. The van der Waals surface area contributed by atoms with Gasteiger partial charge in [-0.3, -0.25) is 9.48 Å². The Hall–Kier alpha value is -2.50. The summed E-state index contributed by atoms with van der Waals surface area (Å²) in [6.45, 7) is 0. The Bertz CT molecular complexity index is 570. The van der Waals surface area contributed by atoms with E-state index < -0.39 is 0 Å². The molecule has 2 rings (SSSR count). The summed E-state index contributed by atoms with van der Waals surface area (Å²) in [5.74, 6) is 0.746. The molecule has 1 aromatic carbocycles. The molecule has 0 radical (unpaired) electrons. The quantitative estimate of drug-likeness (QED) is 0.909. The van der Waals surface area contributed by atoms with Crippen LogP contribution in [0.15, 0.2) is 30.5 Å². The van der Waals surface area contributed by atoms with Gasteiger partial charge in [0.25, 0.3) is 5.91 Å². The maximum atomic E-state index is 12.1. The van der Waals surface area contributed by atoms with Crippen molar-refractivity contribution in [3.05, 3.63) is 36.2 Å². The van der Waals surface area contributed by atoms with Gasteiger partial charge in [0.2, 0.25) is 0 Å². The van der Waals surface area contributed by atoms with Gasteiger partial charge in [0.1, 0.15) is 17.2 Å². The third kappa shape index (κ3) is 2.67. The van der Waals surface area contributed by atoms with E-state index in [0.717, 1.165) is 0 Å². The lowest BCUT2D eigenvalue weighted by Gasteiger charge is -2.13. The van der Waals surface area contributed by atoms with Gasteiger partial charge >= 0.3 is 0 Å². The number of para-hydroxylation sites is 1. The van der Waals surface area contributed by atoms with Crippen molar-refractivity contribution in [1.29, 1.82) is 0 Å². The summed E-state index contributed by atoms with van der Waals surface area (Å²) in [7, 11) is 4.82. The van der Waals surface area contributed by atoms with E-state index in [0.29, 0.717) is 22.9 Å². The van der Waals surface area contributed by atoms with Gasteiger partial charge in [-0.05, 0) is 18.2 Å². The van der Waals surface area contributed by atoms with Gasteiger partial charge in [-0.15, -0.1) is 0 Å². The van der Waals surface area contributed by atoms with E-state index >= 15 is 0 Å². The fourth-order valence-electron chi connectivity index (χ4n) is 1.69. The highest BCUT2D eigenvalue weighted by atomic mass is 16.5. The van der Waals surface area contributed by atoms with Crippen molar-refractivity contribution in [2.75, 3.05) is 19.5 Å². The molecule has 0 spiro atoms. The minimum absolute atomic E-state index is 0.316. The lowest BCUT2D eigenvalue weighted by atomic mass is 10.2. The molecule has 1 heterocycles. The highest BCUT2D eigenvalue weighted by Crippen LogP contribution is 2.34. The molecule has 1 aromatic heterocycles. The van der Waals surface area contributed by atoms with Crippen molar-refractivity contribution in [3.63, 3.8) is 0 Å². The lowest BCUT2D eigenvalue weighted by Crippen LogP contribution is -2.14. The molecular weight excluding hydrogens is 246 g/mol. The second-order valence-corrected chi connectivity index (χ2v) is 3.87. The van der Waals surface area contributed by atoms with Crippen molar-refractivity contribution in [1.82, 2.24) is 9.78 Å². The first-order chi connectivity index (χ1) is 9.15. The van der Waals surface area contributed by atoms with E-state index in [1.165, 1.54) is 14.2 Å². The van der Waals surface area contributed by atoms with E-state index in [1.54, 1.807) is 42.2 Å². The predicted octanol–water partition coefficient (Wildman–Crippen LogP) is 1.69. The predicted molar refractivity (Wildman–Crippen MR) is 70.7 cm³/mol. The van der Waals surface area contributed by atoms with Gasteiger partial charge in [0, 0.05) is 13.2 Å². The summed E-state index contributed by atoms with van der Waals surface area (Å²) in [6.07, 6.45) is 1.70. The Kier molecular flexibility index (Phi) is 3.70. The van der Waals surface area contributed by atoms with Gasteiger partial charge in [-0.1, -0.05) is 6.07 Å². The third-order valence-electron chi connectivity index (χ3n) is 2.61. The maximum Gasteiger partial charge on any atom is 0.276 e. The number of anilines is 1. The van der Waals surface area contributed by atoms with Crippen LogP contribution in [0.25, 0.3) is 0 Å². The molecule has 2 aromatic rings. The highest BCUT2D eigenvalue weighted by Gasteiger charge is 2.15. The van der Waals surface area contributed by atoms with Crippen LogP contribution in [0.3, 0.4) is 0 Å². The second-order valence-electron chi connectivity index (χ2n) is 3.87. The van der Waals surface area contributed by atoms with Crippen molar-refractivity contribution in [3.8, 4) is 11.5 Å². The van der Waals surface area contributed by atoms with E-state index in [9.17, 15) is 4.79 Å². The fourth-order valence-corrected chi connectivity index (χ4v) is 1.69. The molecular formula is C13H15N3O3. The van der Waals surface area contributed by atoms with E-state index in [1.807, 2.05) is 0 Å². The van der Waals surface area contributed by atoms with Gasteiger partial charge < -0.3 is 14.8 Å². The Morgan fingerprint density at radius 3 is 2.32 bits per heavy atom. The molecule has 0 aliphatic carbocycles.